The van der Waals surface area contributed by atoms with E-state index in [0.717, 1.165) is 23.4 Å². The van der Waals surface area contributed by atoms with Crippen LogP contribution in [0, 0.1) is 13.8 Å². The predicted molar refractivity (Wildman–Crippen MR) is 79.0 cm³/mol. The molecule has 1 aliphatic heterocycles. The van der Waals surface area contributed by atoms with Crippen LogP contribution >= 0.6 is 12.4 Å². The van der Waals surface area contributed by atoms with E-state index in [2.05, 4.69) is 10.6 Å². The van der Waals surface area contributed by atoms with Crippen molar-refractivity contribution in [1.82, 2.24) is 5.32 Å². The number of amides is 1. The predicted octanol–water partition coefficient (Wildman–Crippen LogP) is 2.04. The van der Waals surface area contributed by atoms with Gasteiger partial charge in [-0.1, -0.05) is 12.1 Å². The summed E-state index contributed by atoms with van der Waals surface area (Å²) in [6, 6.07) is 5.76. The largest absolute Gasteiger partial charge is 0.375 e. The van der Waals surface area contributed by atoms with Crippen molar-refractivity contribution in [2.45, 2.75) is 32.9 Å². The van der Waals surface area contributed by atoms with Crippen molar-refractivity contribution in [2.75, 3.05) is 18.5 Å². The number of nitrogens with one attached hydrogen (secondary N) is 2. The molecule has 2 atom stereocenters. The molecular weight excluding hydrogens is 264 g/mol. The second-order valence-corrected chi connectivity index (χ2v) is 4.82. The van der Waals surface area contributed by atoms with E-state index in [1.54, 1.807) is 0 Å². The highest BCUT2D eigenvalue weighted by molar-refractivity contribution is 5.96. The second-order valence-electron chi connectivity index (χ2n) is 4.82. The number of rotatable bonds is 2. The first-order chi connectivity index (χ1) is 8.58. The number of aryl methyl sites for hydroxylation is 2. The summed E-state index contributed by atoms with van der Waals surface area (Å²) in [5, 5.41) is 6.16. The molecule has 106 valence electrons. The fraction of sp³-hybridized carbons (Fsp3) is 0.500. The molecule has 0 aliphatic carbocycles. The van der Waals surface area contributed by atoms with Gasteiger partial charge in [0.05, 0.1) is 12.7 Å². The Hall–Kier alpha value is -1.10. The van der Waals surface area contributed by atoms with Crippen LogP contribution in [0.3, 0.4) is 0 Å². The Kier molecular flexibility index (Phi) is 5.79. The van der Waals surface area contributed by atoms with E-state index < -0.39 is 0 Å². The average molecular weight is 285 g/mol. The van der Waals surface area contributed by atoms with Crippen molar-refractivity contribution >= 4 is 24.0 Å². The van der Waals surface area contributed by atoms with Gasteiger partial charge in [0.1, 0.15) is 6.04 Å². The summed E-state index contributed by atoms with van der Waals surface area (Å²) in [4.78, 5) is 12.2. The van der Waals surface area contributed by atoms with E-state index in [1.807, 2.05) is 39.0 Å². The lowest BCUT2D eigenvalue weighted by atomic mass is 10.1. The van der Waals surface area contributed by atoms with Gasteiger partial charge in [0.25, 0.3) is 0 Å². The SMILES string of the molecule is Cc1ccc(C)c(NC(=O)[C@H]2NCCO[C@@H]2C)c1.Cl. The lowest BCUT2D eigenvalue weighted by Crippen LogP contribution is -2.53. The summed E-state index contributed by atoms with van der Waals surface area (Å²) in [7, 11) is 0. The number of morpholine rings is 1. The number of ether oxygens (including phenoxy) is 1. The van der Waals surface area contributed by atoms with Gasteiger partial charge in [-0.2, -0.15) is 0 Å². The minimum atomic E-state index is -0.279. The average Bonchev–Trinajstić information content (AvgIpc) is 2.34. The molecule has 0 unspecified atom stereocenters. The van der Waals surface area contributed by atoms with Crippen molar-refractivity contribution < 1.29 is 9.53 Å². The highest BCUT2D eigenvalue weighted by Crippen LogP contribution is 2.17. The van der Waals surface area contributed by atoms with Gasteiger partial charge in [0, 0.05) is 12.2 Å². The van der Waals surface area contributed by atoms with Crippen molar-refractivity contribution in [1.29, 1.82) is 0 Å². The summed E-state index contributed by atoms with van der Waals surface area (Å²) in [6.07, 6.45) is -0.0936. The first-order valence-corrected chi connectivity index (χ1v) is 6.31. The van der Waals surface area contributed by atoms with Gasteiger partial charge in [-0.05, 0) is 38.0 Å². The lowest BCUT2D eigenvalue weighted by molar-refractivity contribution is -0.123. The summed E-state index contributed by atoms with van der Waals surface area (Å²) in [6.45, 7) is 7.30. The zero-order valence-electron chi connectivity index (χ0n) is 11.5. The maximum absolute atomic E-state index is 12.2. The second kappa shape index (κ2) is 6.89. The molecule has 1 aromatic carbocycles. The summed E-state index contributed by atoms with van der Waals surface area (Å²) in [5.41, 5.74) is 3.08. The molecule has 2 N–H and O–H groups in total. The third kappa shape index (κ3) is 3.93. The van der Waals surface area contributed by atoms with Crippen molar-refractivity contribution in [3.8, 4) is 0 Å². The number of anilines is 1. The molecule has 0 bridgehead atoms. The fourth-order valence-corrected chi connectivity index (χ4v) is 2.11. The minimum Gasteiger partial charge on any atom is -0.375 e. The number of halogens is 1. The first-order valence-electron chi connectivity index (χ1n) is 6.31. The molecule has 5 heteroatoms. The third-order valence-corrected chi connectivity index (χ3v) is 3.25. The van der Waals surface area contributed by atoms with E-state index in [-0.39, 0.29) is 30.5 Å². The number of benzene rings is 1. The van der Waals surface area contributed by atoms with Gasteiger partial charge in [0.2, 0.25) is 5.91 Å². The normalized spacial score (nSPS) is 22.5. The lowest BCUT2D eigenvalue weighted by Gasteiger charge is -2.29. The van der Waals surface area contributed by atoms with Gasteiger partial charge in [-0.3, -0.25) is 4.79 Å². The van der Waals surface area contributed by atoms with Crippen LogP contribution < -0.4 is 10.6 Å². The van der Waals surface area contributed by atoms with Crippen LogP contribution in [0.4, 0.5) is 5.69 Å². The number of hydrogen-bond acceptors (Lipinski definition) is 3. The Morgan fingerprint density at radius 3 is 2.84 bits per heavy atom. The van der Waals surface area contributed by atoms with E-state index in [9.17, 15) is 4.79 Å². The van der Waals surface area contributed by atoms with E-state index in [0.29, 0.717) is 6.61 Å². The molecular formula is C14H21ClN2O2. The Balaban J connectivity index is 0.00000180. The molecule has 1 saturated heterocycles. The number of carbonyl (C=O) groups is 1. The molecule has 0 radical (unpaired) electrons. The molecule has 0 saturated carbocycles. The van der Waals surface area contributed by atoms with Gasteiger partial charge >= 0.3 is 0 Å². The molecule has 2 rings (SSSR count). The molecule has 1 aromatic rings. The monoisotopic (exact) mass is 284 g/mol. The molecule has 1 fully saturated rings. The topological polar surface area (TPSA) is 50.4 Å². The third-order valence-electron chi connectivity index (χ3n) is 3.25. The molecule has 1 aliphatic rings. The Morgan fingerprint density at radius 2 is 2.16 bits per heavy atom. The molecule has 4 nitrogen and oxygen atoms in total. The van der Waals surface area contributed by atoms with Crippen LogP contribution in [0.2, 0.25) is 0 Å². The Morgan fingerprint density at radius 1 is 1.42 bits per heavy atom. The van der Waals surface area contributed by atoms with E-state index >= 15 is 0 Å². The number of hydrogen-bond donors (Lipinski definition) is 2. The van der Waals surface area contributed by atoms with Crippen LogP contribution in [0.25, 0.3) is 0 Å². The highest BCUT2D eigenvalue weighted by Gasteiger charge is 2.28. The standard InChI is InChI=1S/C14H20N2O2.ClH/c1-9-4-5-10(2)12(8-9)16-14(17)13-11(3)18-7-6-15-13;/h4-5,8,11,13,15H,6-7H2,1-3H3,(H,16,17);1H/t11-,13+;/m1./s1. The van der Waals surface area contributed by atoms with Crippen LogP contribution in [0.5, 0.6) is 0 Å². The molecule has 0 aromatic heterocycles. The van der Waals surface area contributed by atoms with E-state index in [4.69, 9.17) is 4.74 Å². The van der Waals surface area contributed by atoms with Crippen LogP contribution in [0.15, 0.2) is 18.2 Å². The van der Waals surface area contributed by atoms with Crippen LogP contribution in [-0.4, -0.2) is 31.2 Å². The smallest absolute Gasteiger partial charge is 0.244 e. The number of carbonyl (C=O) groups excluding carboxylic acids is 1. The Bertz CT molecular complexity index is 451. The summed E-state index contributed by atoms with van der Waals surface area (Å²) in [5.74, 6) is -0.0316. The minimum absolute atomic E-state index is 0. The van der Waals surface area contributed by atoms with Gasteiger partial charge < -0.3 is 15.4 Å². The highest BCUT2D eigenvalue weighted by atomic mass is 35.5. The van der Waals surface area contributed by atoms with E-state index in [1.165, 1.54) is 0 Å². The zero-order chi connectivity index (χ0) is 13.1. The molecule has 19 heavy (non-hydrogen) atoms. The maximum Gasteiger partial charge on any atom is 0.244 e. The first kappa shape index (κ1) is 16.0. The molecule has 0 spiro atoms. The quantitative estimate of drug-likeness (QED) is 0.874. The van der Waals surface area contributed by atoms with Gasteiger partial charge in [0.15, 0.2) is 0 Å². The maximum atomic E-state index is 12.2. The van der Waals surface area contributed by atoms with Gasteiger partial charge in [-0.25, -0.2) is 0 Å². The van der Waals surface area contributed by atoms with Crippen LogP contribution in [-0.2, 0) is 9.53 Å². The molecule has 1 heterocycles. The summed E-state index contributed by atoms with van der Waals surface area (Å²) >= 11 is 0. The van der Waals surface area contributed by atoms with Crippen molar-refractivity contribution in [3.05, 3.63) is 29.3 Å². The summed E-state index contributed by atoms with van der Waals surface area (Å²) < 4.78 is 5.48. The van der Waals surface area contributed by atoms with Crippen molar-refractivity contribution in [2.24, 2.45) is 0 Å². The van der Waals surface area contributed by atoms with Crippen molar-refractivity contribution in [3.63, 3.8) is 0 Å². The zero-order valence-corrected chi connectivity index (χ0v) is 12.3. The molecule has 1 amide bonds. The van der Waals surface area contributed by atoms with Crippen LogP contribution in [0.1, 0.15) is 18.1 Å². The van der Waals surface area contributed by atoms with Gasteiger partial charge in [-0.15, -0.1) is 12.4 Å². The fourth-order valence-electron chi connectivity index (χ4n) is 2.11. The Labute approximate surface area is 120 Å².